The third kappa shape index (κ3) is 4.31. The predicted octanol–water partition coefficient (Wildman–Crippen LogP) is 2.42. The van der Waals surface area contributed by atoms with E-state index in [2.05, 4.69) is 20.7 Å². The maximum atomic E-state index is 12.1. The van der Waals surface area contributed by atoms with Crippen molar-refractivity contribution in [3.63, 3.8) is 0 Å². The van der Waals surface area contributed by atoms with Gasteiger partial charge in [0.1, 0.15) is 0 Å². The molecule has 0 spiro atoms. The lowest BCUT2D eigenvalue weighted by Gasteiger charge is -2.18. The zero-order valence-corrected chi connectivity index (χ0v) is 14.4. The van der Waals surface area contributed by atoms with Crippen LogP contribution in [0, 0.1) is 13.8 Å². The average molecular weight is 315 g/mol. The highest BCUT2D eigenvalue weighted by Gasteiger charge is 2.16. The minimum absolute atomic E-state index is 0.0209. The molecule has 2 aromatic rings. The number of pyridine rings is 1. The first-order chi connectivity index (χ1) is 10.9. The number of amides is 2. The van der Waals surface area contributed by atoms with Gasteiger partial charge in [-0.2, -0.15) is 5.10 Å². The fourth-order valence-corrected chi connectivity index (χ4v) is 2.64. The largest absolute Gasteiger partial charge is 0.335 e. The minimum Gasteiger partial charge on any atom is -0.335 e. The molecular weight excluding hydrogens is 290 g/mol. The Balaban J connectivity index is 1.90. The van der Waals surface area contributed by atoms with Gasteiger partial charge in [-0.3, -0.25) is 9.67 Å². The van der Waals surface area contributed by atoms with Crippen LogP contribution < -0.4 is 10.6 Å². The van der Waals surface area contributed by atoms with Crippen LogP contribution in [0.5, 0.6) is 0 Å². The zero-order chi connectivity index (χ0) is 17.0. The molecule has 0 fully saturated rings. The second-order valence-corrected chi connectivity index (χ2v) is 5.97. The molecule has 0 saturated heterocycles. The van der Waals surface area contributed by atoms with E-state index >= 15 is 0 Å². The van der Waals surface area contributed by atoms with E-state index in [4.69, 9.17) is 0 Å². The van der Waals surface area contributed by atoms with Crippen LogP contribution in [-0.4, -0.2) is 26.8 Å². The Labute approximate surface area is 137 Å². The number of nitrogens with zero attached hydrogens (tertiary/aromatic N) is 3. The zero-order valence-electron chi connectivity index (χ0n) is 14.4. The number of urea groups is 1. The molecule has 2 N–H and O–H groups in total. The van der Waals surface area contributed by atoms with E-state index < -0.39 is 0 Å². The van der Waals surface area contributed by atoms with Crippen LogP contribution in [0.1, 0.15) is 42.5 Å². The maximum absolute atomic E-state index is 12.1. The van der Waals surface area contributed by atoms with Crippen molar-refractivity contribution in [2.45, 2.75) is 46.2 Å². The van der Waals surface area contributed by atoms with E-state index in [1.54, 1.807) is 6.20 Å². The summed E-state index contributed by atoms with van der Waals surface area (Å²) in [5, 5.41) is 10.3. The van der Waals surface area contributed by atoms with Gasteiger partial charge in [-0.1, -0.05) is 6.07 Å². The van der Waals surface area contributed by atoms with Gasteiger partial charge in [0.25, 0.3) is 0 Å². The van der Waals surface area contributed by atoms with E-state index in [-0.39, 0.29) is 18.1 Å². The van der Waals surface area contributed by atoms with Crippen LogP contribution >= 0.6 is 0 Å². The smallest absolute Gasteiger partial charge is 0.315 e. The monoisotopic (exact) mass is 315 g/mol. The lowest BCUT2D eigenvalue weighted by molar-refractivity contribution is 0.234. The van der Waals surface area contributed by atoms with Gasteiger partial charge in [0.15, 0.2) is 0 Å². The van der Waals surface area contributed by atoms with Crippen molar-refractivity contribution in [2.24, 2.45) is 7.05 Å². The molecule has 2 atom stereocenters. The predicted molar refractivity (Wildman–Crippen MR) is 90.2 cm³/mol. The van der Waals surface area contributed by atoms with Crippen molar-refractivity contribution < 1.29 is 4.79 Å². The summed E-state index contributed by atoms with van der Waals surface area (Å²) in [7, 11) is 1.94. The molecule has 0 aromatic carbocycles. The molecule has 124 valence electrons. The van der Waals surface area contributed by atoms with E-state index in [9.17, 15) is 4.79 Å². The molecule has 0 aliphatic rings. The van der Waals surface area contributed by atoms with Crippen LogP contribution in [0.2, 0.25) is 0 Å². The third-order valence-corrected chi connectivity index (χ3v) is 4.03. The fraction of sp³-hybridized carbons (Fsp3) is 0.471. The van der Waals surface area contributed by atoms with Crippen molar-refractivity contribution >= 4 is 6.03 Å². The lowest BCUT2D eigenvalue weighted by Crippen LogP contribution is -2.42. The first kappa shape index (κ1) is 17.0. The summed E-state index contributed by atoms with van der Waals surface area (Å²) >= 11 is 0. The summed E-state index contributed by atoms with van der Waals surface area (Å²) in [4.78, 5) is 16.4. The molecule has 0 bridgehead atoms. The van der Waals surface area contributed by atoms with Gasteiger partial charge in [0.2, 0.25) is 0 Å². The average Bonchev–Trinajstić information content (AvgIpc) is 2.74. The number of rotatable bonds is 5. The Morgan fingerprint density at radius 2 is 2.00 bits per heavy atom. The Hall–Kier alpha value is -2.37. The molecule has 2 rings (SSSR count). The summed E-state index contributed by atoms with van der Waals surface area (Å²) in [6.45, 7) is 7.96. The standard InChI is InChI=1S/C17H25N5O/c1-11(10-15-12(2)21-22(5)14(15)4)19-17(23)20-13(3)16-8-6-7-9-18-16/h6-9,11,13H,10H2,1-5H3,(H2,19,20,23)/t11-,13-/m0/s1. The molecular formula is C17H25N5O. The Kier molecular flexibility index (Phi) is 5.36. The highest BCUT2D eigenvalue weighted by molar-refractivity contribution is 5.74. The molecule has 0 saturated carbocycles. The van der Waals surface area contributed by atoms with Crippen molar-refractivity contribution in [2.75, 3.05) is 0 Å². The van der Waals surface area contributed by atoms with Gasteiger partial charge >= 0.3 is 6.03 Å². The highest BCUT2D eigenvalue weighted by Crippen LogP contribution is 2.14. The molecule has 6 heteroatoms. The third-order valence-electron chi connectivity index (χ3n) is 4.03. The molecule has 0 radical (unpaired) electrons. The van der Waals surface area contributed by atoms with Crippen molar-refractivity contribution in [3.8, 4) is 0 Å². The highest BCUT2D eigenvalue weighted by atomic mass is 16.2. The second kappa shape index (κ2) is 7.26. The fourth-order valence-electron chi connectivity index (χ4n) is 2.64. The van der Waals surface area contributed by atoms with Crippen LogP contribution in [0.15, 0.2) is 24.4 Å². The van der Waals surface area contributed by atoms with Crippen LogP contribution in [-0.2, 0) is 13.5 Å². The van der Waals surface area contributed by atoms with Gasteiger partial charge in [-0.05, 0) is 51.8 Å². The van der Waals surface area contributed by atoms with Gasteiger partial charge in [0.05, 0.1) is 17.4 Å². The summed E-state index contributed by atoms with van der Waals surface area (Å²) in [5.41, 5.74) is 4.19. The van der Waals surface area contributed by atoms with E-state index in [0.29, 0.717) is 0 Å². The number of hydrogen-bond acceptors (Lipinski definition) is 3. The molecule has 6 nitrogen and oxygen atoms in total. The number of nitrogens with one attached hydrogen (secondary N) is 2. The summed E-state index contributed by atoms with van der Waals surface area (Å²) in [6.07, 6.45) is 2.49. The maximum Gasteiger partial charge on any atom is 0.315 e. The van der Waals surface area contributed by atoms with E-state index in [1.165, 1.54) is 5.56 Å². The molecule has 2 heterocycles. The quantitative estimate of drug-likeness (QED) is 0.890. The van der Waals surface area contributed by atoms with Gasteiger partial charge in [-0.15, -0.1) is 0 Å². The number of hydrogen-bond donors (Lipinski definition) is 2. The van der Waals surface area contributed by atoms with Crippen molar-refractivity contribution in [1.82, 2.24) is 25.4 Å². The number of aromatic nitrogens is 3. The van der Waals surface area contributed by atoms with Crippen LogP contribution in [0.3, 0.4) is 0 Å². The second-order valence-electron chi connectivity index (χ2n) is 5.97. The van der Waals surface area contributed by atoms with Gasteiger partial charge in [-0.25, -0.2) is 4.79 Å². The summed E-state index contributed by atoms with van der Waals surface area (Å²) in [5.74, 6) is 0. The van der Waals surface area contributed by atoms with Crippen LogP contribution in [0.25, 0.3) is 0 Å². The normalized spacial score (nSPS) is 13.4. The molecule has 2 amide bonds. The molecule has 0 aliphatic heterocycles. The number of carbonyl (C=O) groups is 1. The number of carbonyl (C=O) groups excluding carboxylic acids is 1. The van der Waals surface area contributed by atoms with E-state index in [1.807, 2.05) is 57.6 Å². The van der Waals surface area contributed by atoms with Crippen molar-refractivity contribution in [3.05, 3.63) is 47.0 Å². The van der Waals surface area contributed by atoms with Gasteiger partial charge in [0, 0.05) is 25.0 Å². The summed E-state index contributed by atoms with van der Waals surface area (Å²) < 4.78 is 1.88. The summed E-state index contributed by atoms with van der Waals surface area (Å²) in [6, 6.07) is 5.37. The lowest BCUT2D eigenvalue weighted by atomic mass is 10.1. The Morgan fingerprint density at radius 3 is 2.57 bits per heavy atom. The first-order valence-corrected chi connectivity index (χ1v) is 7.85. The topological polar surface area (TPSA) is 71.8 Å². The molecule has 0 unspecified atom stereocenters. The SMILES string of the molecule is Cc1nn(C)c(C)c1C[C@H](C)NC(=O)N[C@@H](C)c1ccccn1. The Bertz CT molecular complexity index is 665. The van der Waals surface area contributed by atoms with Gasteiger partial charge < -0.3 is 10.6 Å². The first-order valence-electron chi connectivity index (χ1n) is 7.85. The number of aryl methyl sites for hydroxylation is 2. The molecule has 2 aromatic heterocycles. The Morgan fingerprint density at radius 1 is 1.26 bits per heavy atom. The van der Waals surface area contributed by atoms with Crippen molar-refractivity contribution in [1.29, 1.82) is 0 Å². The van der Waals surface area contributed by atoms with Crippen LogP contribution in [0.4, 0.5) is 4.79 Å². The molecule has 0 aliphatic carbocycles. The van der Waals surface area contributed by atoms with E-state index in [0.717, 1.165) is 23.5 Å². The minimum atomic E-state index is -0.185. The molecule has 23 heavy (non-hydrogen) atoms.